The van der Waals surface area contributed by atoms with Crippen LogP contribution in [-0.4, -0.2) is 41.5 Å². The number of anilines is 3. The molecule has 13 heteroatoms. The highest BCUT2D eigenvalue weighted by atomic mass is 35.5. The number of nitrogens with one attached hydrogen (secondary N) is 4. The molecule has 0 saturated carbocycles. The molecule has 0 aliphatic heterocycles. The summed E-state index contributed by atoms with van der Waals surface area (Å²) in [6.07, 6.45) is 1.55. The molecule has 0 aliphatic rings. The van der Waals surface area contributed by atoms with E-state index in [-0.39, 0.29) is 27.7 Å². The number of thiophene rings is 1. The van der Waals surface area contributed by atoms with Gasteiger partial charge in [-0.15, -0.1) is 23.1 Å². The maximum absolute atomic E-state index is 13.6. The molecular weight excluding hydrogens is 732 g/mol. The third-order valence-corrected chi connectivity index (χ3v) is 10.1. The maximum atomic E-state index is 13.6. The number of benzene rings is 4. The van der Waals surface area contributed by atoms with Crippen LogP contribution in [0.1, 0.15) is 55.4 Å². The molecule has 0 aliphatic carbocycles. The van der Waals surface area contributed by atoms with Crippen LogP contribution in [0.15, 0.2) is 120 Å². The highest BCUT2D eigenvalue weighted by molar-refractivity contribution is 8.00. The normalized spacial score (nSPS) is 11.6. The number of esters is 1. The van der Waals surface area contributed by atoms with E-state index in [0.29, 0.717) is 38.0 Å². The van der Waals surface area contributed by atoms with Gasteiger partial charge in [-0.1, -0.05) is 66.2 Å². The van der Waals surface area contributed by atoms with E-state index in [4.69, 9.17) is 16.3 Å². The molecule has 1 heterocycles. The number of thioether (sulfide) groups is 1. The minimum absolute atomic E-state index is 0.00689. The average molecular weight is 767 g/mol. The molecule has 4 amide bonds. The lowest BCUT2D eigenvalue weighted by molar-refractivity contribution is -0.115. The molecule has 0 radical (unpaired) electrons. The molecule has 4 aromatic carbocycles. The fourth-order valence-electron chi connectivity index (χ4n) is 4.96. The smallest absolute Gasteiger partial charge is 0.341 e. The fourth-order valence-corrected chi connectivity index (χ4v) is 7.11. The number of hydrogen-bond donors (Lipinski definition) is 4. The Balaban J connectivity index is 1.30. The molecule has 5 rings (SSSR count). The van der Waals surface area contributed by atoms with Gasteiger partial charge in [0, 0.05) is 26.9 Å². The predicted molar refractivity (Wildman–Crippen MR) is 212 cm³/mol. The van der Waals surface area contributed by atoms with Crippen molar-refractivity contribution in [2.45, 2.75) is 30.9 Å². The van der Waals surface area contributed by atoms with Gasteiger partial charge in [-0.2, -0.15) is 0 Å². The molecule has 0 fully saturated rings. The largest absolute Gasteiger partial charge is 0.462 e. The third kappa shape index (κ3) is 10.4. The fraction of sp³-hybridized carbons (Fsp3) is 0.125. The van der Waals surface area contributed by atoms with Crippen LogP contribution in [-0.2, 0) is 14.3 Å². The van der Waals surface area contributed by atoms with E-state index in [1.807, 2.05) is 6.07 Å². The van der Waals surface area contributed by atoms with Gasteiger partial charge in [0.15, 0.2) is 0 Å². The Kier molecular flexibility index (Phi) is 13.2. The standard InChI is InChI=1S/C40H35ClN4O6S2/c1-4-51-40(50)33-24(2)34(38(49)42-29-14-9-6-10-15-29)53-39(33)45-35(46)25(3)52-31-17-11-16-30(23-31)43-37(48)32(22-26-18-20-28(41)21-19-26)44-36(47)27-12-7-5-8-13-27/h5-23,25H,4H2,1-3H3,(H,42,49)(H,43,48)(H,44,47)(H,45,46)/b32-22-. The molecule has 1 aromatic heterocycles. The van der Waals surface area contributed by atoms with Crippen molar-refractivity contribution < 1.29 is 28.7 Å². The van der Waals surface area contributed by atoms with Gasteiger partial charge in [0.25, 0.3) is 17.7 Å². The molecule has 0 spiro atoms. The number of carbonyl (C=O) groups excluding carboxylic acids is 5. The highest BCUT2D eigenvalue weighted by Gasteiger charge is 2.28. The van der Waals surface area contributed by atoms with Gasteiger partial charge in [0.05, 0.1) is 22.3 Å². The zero-order valence-electron chi connectivity index (χ0n) is 28.9. The summed E-state index contributed by atoms with van der Waals surface area (Å²) >= 11 is 8.26. The van der Waals surface area contributed by atoms with E-state index in [0.717, 1.165) is 11.3 Å². The Labute approximate surface area is 320 Å². The molecule has 0 bridgehead atoms. The van der Waals surface area contributed by atoms with Crippen molar-refractivity contribution in [1.29, 1.82) is 0 Å². The molecule has 53 heavy (non-hydrogen) atoms. The van der Waals surface area contributed by atoms with Gasteiger partial charge in [-0.3, -0.25) is 19.2 Å². The Bertz CT molecular complexity index is 2160. The molecule has 270 valence electrons. The Morgan fingerprint density at radius 1 is 0.811 bits per heavy atom. The van der Waals surface area contributed by atoms with E-state index in [1.165, 1.54) is 11.8 Å². The number of carbonyl (C=O) groups is 5. The monoisotopic (exact) mass is 766 g/mol. The molecule has 0 saturated heterocycles. The molecule has 5 aromatic rings. The second-order valence-corrected chi connectivity index (χ2v) is 14.3. The average Bonchev–Trinajstić information content (AvgIpc) is 3.48. The first kappa shape index (κ1) is 38.5. The van der Waals surface area contributed by atoms with Crippen molar-refractivity contribution in [2.24, 2.45) is 0 Å². The minimum Gasteiger partial charge on any atom is -0.462 e. The predicted octanol–water partition coefficient (Wildman–Crippen LogP) is 8.67. The minimum atomic E-state index is -0.662. The zero-order valence-corrected chi connectivity index (χ0v) is 31.3. The molecule has 1 unspecified atom stereocenters. The quantitative estimate of drug-likeness (QED) is 0.0534. The van der Waals surface area contributed by atoms with E-state index < -0.39 is 34.8 Å². The molecular formula is C40H35ClN4O6S2. The number of para-hydroxylation sites is 1. The van der Waals surface area contributed by atoms with Crippen molar-refractivity contribution in [3.8, 4) is 0 Å². The first-order valence-electron chi connectivity index (χ1n) is 16.4. The van der Waals surface area contributed by atoms with Crippen LogP contribution in [0.3, 0.4) is 0 Å². The maximum Gasteiger partial charge on any atom is 0.341 e. The van der Waals surface area contributed by atoms with Gasteiger partial charge < -0.3 is 26.0 Å². The lowest BCUT2D eigenvalue weighted by Gasteiger charge is -2.14. The summed E-state index contributed by atoms with van der Waals surface area (Å²) in [5, 5.41) is 11.3. The van der Waals surface area contributed by atoms with Crippen molar-refractivity contribution in [1.82, 2.24) is 5.32 Å². The number of hydrogen-bond acceptors (Lipinski definition) is 8. The van der Waals surface area contributed by atoms with E-state index >= 15 is 0 Å². The summed E-state index contributed by atoms with van der Waals surface area (Å²) < 4.78 is 5.25. The topological polar surface area (TPSA) is 143 Å². The van der Waals surface area contributed by atoms with Crippen LogP contribution < -0.4 is 21.3 Å². The van der Waals surface area contributed by atoms with E-state index in [9.17, 15) is 24.0 Å². The number of amides is 4. The second kappa shape index (κ2) is 18.2. The SMILES string of the molecule is CCOC(=O)c1c(NC(=O)C(C)Sc2cccc(NC(=O)/C(=C/c3ccc(Cl)cc3)NC(=O)c3ccccc3)c2)sc(C(=O)Nc2ccccc2)c1C. The number of halogens is 1. The highest BCUT2D eigenvalue weighted by Crippen LogP contribution is 2.35. The Morgan fingerprint density at radius 2 is 1.47 bits per heavy atom. The molecule has 1 atom stereocenters. The Hall–Kier alpha value is -5.69. The number of rotatable bonds is 13. The summed E-state index contributed by atoms with van der Waals surface area (Å²) in [7, 11) is 0. The summed E-state index contributed by atoms with van der Waals surface area (Å²) in [6, 6.07) is 31.2. The van der Waals surface area contributed by atoms with E-state index in [1.54, 1.807) is 130 Å². The van der Waals surface area contributed by atoms with Gasteiger partial charge in [0.2, 0.25) is 5.91 Å². The summed E-state index contributed by atoms with van der Waals surface area (Å²) in [6.45, 7) is 5.13. The number of ether oxygens (including phenoxy) is 1. The van der Waals surface area contributed by atoms with Gasteiger partial charge in [-0.05, 0) is 92.6 Å². The van der Waals surface area contributed by atoms with Crippen LogP contribution in [0.25, 0.3) is 6.08 Å². The van der Waals surface area contributed by atoms with E-state index in [2.05, 4.69) is 21.3 Å². The molecule has 4 N–H and O–H groups in total. The first-order chi connectivity index (χ1) is 25.5. The van der Waals surface area contributed by atoms with Gasteiger partial charge in [-0.25, -0.2) is 4.79 Å². The summed E-state index contributed by atoms with van der Waals surface area (Å²) in [4.78, 5) is 67.1. The van der Waals surface area contributed by atoms with Gasteiger partial charge in [0.1, 0.15) is 10.7 Å². The second-order valence-electron chi connectivity index (χ2n) is 11.5. The Morgan fingerprint density at radius 3 is 2.15 bits per heavy atom. The van der Waals surface area contributed by atoms with Crippen LogP contribution >= 0.6 is 34.7 Å². The van der Waals surface area contributed by atoms with Crippen molar-refractivity contribution >= 4 is 86.7 Å². The third-order valence-electron chi connectivity index (χ3n) is 7.58. The first-order valence-corrected chi connectivity index (χ1v) is 18.5. The van der Waals surface area contributed by atoms with Crippen LogP contribution in [0.2, 0.25) is 5.02 Å². The summed E-state index contributed by atoms with van der Waals surface area (Å²) in [5.74, 6) is -2.51. The lowest BCUT2D eigenvalue weighted by atomic mass is 10.1. The lowest BCUT2D eigenvalue weighted by Crippen LogP contribution is -2.30. The van der Waals surface area contributed by atoms with Gasteiger partial charge >= 0.3 is 5.97 Å². The van der Waals surface area contributed by atoms with Crippen LogP contribution in [0.4, 0.5) is 16.4 Å². The van der Waals surface area contributed by atoms with Crippen molar-refractivity contribution in [3.63, 3.8) is 0 Å². The van der Waals surface area contributed by atoms with Crippen LogP contribution in [0, 0.1) is 6.92 Å². The van der Waals surface area contributed by atoms with Crippen molar-refractivity contribution in [2.75, 3.05) is 22.6 Å². The molecule has 10 nitrogen and oxygen atoms in total. The zero-order chi connectivity index (χ0) is 37.9. The van der Waals surface area contributed by atoms with Crippen LogP contribution in [0.5, 0.6) is 0 Å². The van der Waals surface area contributed by atoms with Crippen molar-refractivity contribution in [3.05, 3.63) is 147 Å². The summed E-state index contributed by atoms with van der Waals surface area (Å²) in [5.41, 5.74) is 2.56.